The molecule has 0 aliphatic carbocycles. The van der Waals surface area contributed by atoms with Gasteiger partial charge in [0.25, 0.3) is 5.91 Å². The molecule has 1 amide bonds. The Morgan fingerprint density at radius 2 is 2.25 bits per heavy atom. The molecule has 0 aliphatic rings. The summed E-state index contributed by atoms with van der Waals surface area (Å²) >= 11 is 5.79. The van der Waals surface area contributed by atoms with E-state index >= 15 is 0 Å². The normalized spacial score (nSPS) is 10.1. The van der Waals surface area contributed by atoms with Crippen molar-refractivity contribution in [1.29, 1.82) is 0 Å². The van der Waals surface area contributed by atoms with Crippen LogP contribution in [0.1, 0.15) is 15.9 Å². The van der Waals surface area contributed by atoms with Crippen molar-refractivity contribution in [2.24, 2.45) is 0 Å². The van der Waals surface area contributed by atoms with E-state index in [4.69, 9.17) is 16.0 Å². The SMILES string of the molecule is O=C(NCc1ccoc1)c1cccc(Cl)c1. The van der Waals surface area contributed by atoms with Gasteiger partial charge < -0.3 is 9.73 Å². The van der Waals surface area contributed by atoms with E-state index in [0.29, 0.717) is 17.1 Å². The molecule has 1 heterocycles. The summed E-state index contributed by atoms with van der Waals surface area (Å²) in [6.45, 7) is 0.446. The third-order valence-corrected chi connectivity index (χ3v) is 2.36. The number of rotatable bonds is 3. The van der Waals surface area contributed by atoms with Crippen LogP contribution in [0.25, 0.3) is 0 Å². The van der Waals surface area contributed by atoms with Crippen molar-refractivity contribution in [2.75, 3.05) is 0 Å². The lowest BCUT2D eigenvalue weighted by Gasteiger charge is -2.03. The summed E-state index contributed by atoms with van der Waals surface area (Å²) in [6, 6.07) is 8.63. The van der Waals surface area contributed by atoms with Crippen LogP contribution >= 0.6 is 11.6 Å². The second-order valence-electron chi connectivity index (χ2n) is 3.32. The average molecular weight is 236 g/mol. The summed E-state index contributed by atoms with van der Waals surface area (Å²) < 4.78 is 4.90. The maximum Gasteiger partial charge on any atom is 0.251 e. The molecule has 0 atom stereocenters. The van der Waals surface area contributed by atoms with Crippen LogP contribution in [0.3, 0.4) is 0 Å². The maximum absolute atomic E-state index is 11.7. The maximum atomic E-state index is 11.7. The molecule has 0 spiro atoms. The van der Waals surface area contributed by atoms with Gasteiger partial charge in [-0.15, -0.1) is 0 Å². The monoisotopic (exact) mass is 235 g/mol. The quantitative estimate of drug-likeness (QED) is 0.889. The first kappa shape index (κ1) is 10.8. The van der Waals surface area contributed by atoms with Gasteiger partial charge in [0.2, 0.25) is 0 Å². The van der Waals surface area contributed by atoms with E-state index in [1.807, 2.05) is 0 Å². The minimum Gasteiger partial charge on any atom is -0.472 e. The van der Waals surface area contributed by atoms with E-state index in [0.717, 1.165) is 5.56 Å². The summed E-state index contributed by atoms with van der Waals surface area (Å²) in [5, 5.41) is 3.32. The highest BCUT2D eigenvalue weighted by Crippen LogP contribution is 2.10. The molecule has 1 N–H and O–H groups in total. The summed E-state index contributed by atoms with van der Waals surface area (Å²) in [4.78, 5) is 11.7. The molecule has 4 heteroatoms. The Bertz CT molecular complexity index is 480. The van der Waals surface area contributed by atoms with Gasteiger partial charge in [0.1, 0.15) is 0 Å². The van der Waals surface area contributed by atoms with Gasteiger partial charge in [0.15, 0.2) is 0 Å². The van der Waals surface area contributed by atoms with Gasteiger partial charge in [0.05, 0.1) is 12.5 Å². The second kappa shape index (κ2) is 4.86. The molecule has 0 unspecified atom stereocenters. The van der Waals surface area contributed by atoms with E-state index in [9.17, 15) is 4.79 Å². The lowest BCUT2D eigenvalue weighted by Crippen LogP contribution is -2.22. The van der Waals surface area contributed by atoms with Crippen LogP contribution in [0.5, 0.6) is 0 Å². The largest absolute Gasteiger partial charge is 0.472 e. The minimum atomic E-state index is -0.149. The molecular weight excluding hydrogens is 226 g/mol. The summed E-state index contributed by atoms with van der Waals surface area (Å²) in [5.41, 5.74) is 1.48. The second-order valence-corrected chi connectivity index (χ2v) is 3.76. The number of carbonyl (C=O) groups excluding carboxylic acids is 1. The van der Waals surface area contributed by atoms with Crippen molar-refractivity contribution in [3.8, 4) is 0 Å². The third kappa shape index (κ3) is 2.64. The number of furan rings is 1. The van der Waals surface area contributed by atoms with Crippen molar-refractivity contribution in [3.63, 3.8) is 0 Å². The summed E-state index contributed by atoms with van der Waals surface area (Å²) in [5.74, 6) is -0.149. The average Bonchev–Trinajstić information content (AvgIpc) is 2.78. The van der Waals surface area contributed by atoms with Crippen LogP contribution in [-0.2, 0) is 6.54 Å². The Balaban J connectivity index is 1.98. The van der Waals surface area contributed by atoms with Gasteiger partial charge in [0, 0.05) is 22.7 Å². The molecular formula is C12H10ClNO2. The Morgan fingerprint density at radius 1 is 1.38 bits per heavy atom. The number of halogens is 1. The van der Waals surface area contributed by atoms with Crippen LogP contribution < -0.4 is 5.32 Å². The summed E-state index contributed by atoms with van der Waals surface area (Å²) in [7, 11) is 0. The van der Waals surface area contributed by atoms with E-state index in [1.54, 1.807) is 42.9 Å². The number of hydrogen-bond donors (Lipinski definition) is 1. The Hall–Kier alpha value is -1.74. The first-order valence-electron chi connectivity index (χ1n) is 4.80. The van der Waals surface area contributed by atoms with Gasteiger partial charge in [-0.2, -0.15) is 0 Å². The highest BCUT2D eigenvalue weighted by molar-refractivity contribution is 6.30. The molecule has 0 fully saturated rings. The number of benzene rings is 1. The van der Waals surface area contributed by atoms with Crippen LogP contribution in [-0.4, -0.2) is 5.91 Å². The number of nitrogens with one attached hydrogen (secondary N) is 1. The summed E-state index contributed by atoms with van der Waals surface area (Å²) in [6.07, 6.45) is 3.17. The fraction of sp³-hybridized carbons (Fsp3) is 0.0833. The van der Waals surface area contributed by atoms with Gasteiger partial charge in [-0.1, -0.05) is 17.7 Å². The number of amides is 1. The van der Waals surface area contributed by atoms with Crippen LogP contribution in [0.4, 0.5) is 0 Å². The van der Waals surface area contributed by atoms with Gasteiger partial charge in [-0.3, -0.25) is 4.79 Å². The van der Waals surface area contributed by atoms with E-state index in [1.165, 1.54) is 0 Å². The van der Waals surface area contributed by atoms with Crippen LogP contribution in [0.2, 0.25) is 5.02 Å². The minimum absolute atomic E-state index is 0.149. The zero-order valence-corrected chi connectivity index (χ0v) is 9.20. The van der Waals surface area contributed by atoms with Crippen LogP contribution in [0.15, 0.2) is 47.3 Å². The van der Waals surface area contributed by atoms with Crippen LogP contribution in [0, 0.1) is 0 Å². The molecule has 16 heavy (non-hydrogen) atoms. The molecule has 1 aromatic heterocycles. The highest BCUT2D eigenvalue weighted by Gasteiger charge is 2.05. The molecule has 0 bridgehead atoms. The smallest absolute Gasteiger partial charge is 0.251 e. The van der Waals surface area contributed by atoms with Crippen molar-refractivity contribution < 1.29 is 9.21 Å². The fourth-order valence-corrected chi connectivity index (χ4v) is 1.50. The predicted octanol–water partition coefficient (Wildman–Crippen LogP) is 2.86. The Kier molecular flexibility index (Phi) is 3.27. The van der Waals surface area contributed by atoms with E-state index < -0.39 is 0 Å². The first-order chi connectivity index (χ1) is 7.75. The third-order valence-electron chi connectivity index (χ3n) is 2.12. The molecule has 0 radical (unpaired) electrons. The van der Waals surface area contributed by atoms with Crippen molar-refractivity contribution >= 4 is 17.5 Å². The number of hydrogen-bond acceptors (Lipinski definition) is 2. The lowest BCUT2D eigenvalue weighted by atomic mass is 10.2. The van der Waals surface area contributed by atoms with Gasteiger partial charge in [-0.05, 0) is 24.3 Å². The molecule has 2 aromatic rings. The zero-order chi connectivity index (χ0) is 11.4. The van der Waals surface area contributed by atoms with Crippen molar-refractivity contribution in [3.05, 3.63) is 59.0 Å². The Morgan fingerprint density at radius 3 is 2.94 bits per heavy atom. The zero-order valence-electron chi connectivity index (χ0n) is 8.44. The molecule has 0 aliphatic heterocycles. The topological polar surface area (TPSA) is 42.2 Å². The molecule has 0 saturated carbocycles. The standard InChI is InChI=1S/C12H10ClNO2/c13-11-3-1-2-10(6-11)12(15)14-7-9-4-5-16-8-9/h1-6,8H,7H2,(H,14,15). The molecule has 3 nitrogen and oxygen atoms in total. The highest BCUT2D eigenvalue weighted by atomic mass is 35.5. The molecule has 2 rings (SSSR count). The van der Waals surface area contributed by atoms with E-state index in [-0.39, 0.29) is 5.91 Å². The first-order valence-corrected chi connectivity index (χ1v) is 5.18. The Labute approximate surface area is 98.0 Å². The van der Waals surface area contributed by atoms with Gasteiger partial charge >= 0.3 is 0 Å². The van der Waals surface area contributed by atoms with Crippen molar-refractivity contribution in [2.45, 2.75) is 6.54 Å². The molecule has 82 valence electrons. The van der Waals surface area contributed by atoms with Crippen molar-refractivity contribution in [1.82, 2.24) is 5.32 Å². The number of carbonyl (C=O) groups is 1. The van der Waals surface area contributed by atoms with Gasteiger partial charge in [-0.25, -0.2) is 0 Å². The predicted molar refractivity (Wildman–Crippen MR) is 61.3 cm³/mol. The molecule has 0 saturated heterocycles. The molecule has 1 aromatic carbocycles. The fourth-order valence-electron chi connectivity index (χ4n) is 1.31. The lowest BCUT2D eigenvalue weighted by molar-refractivity contribution is 0.0951. The van der Waals surface area contributed by atoms with E-state index in [2.05, 4.69) is 5.32 Å².